The zero-order valence-electron chi connectivity index (χ0n) is 20.7. The van der Waals surface area contributed by atoms with E-state index in [1.54, 1.807) is 22.8 Å². The van der Waals surface area contributed by atoms with Crippen molar-refractivity contribution in [2.75, 3.05) is 38.8 Å². The van der Waals surface area contributed by atoms with Gasteiger partial charge in [-0.15, -0.1) is 10.2 Å². The van der Waals surface area contributed by atoms with Crippen LogP contribution in [0.5, 0.6) is 5.88 Å². The highest BCUT2D eigenvalue weighted by molar-refractivity contribution is 7.93. The van der Waals surface area contributed by atoms with E-state index in [2.05, 4.69) is 29.9 Å². The molecule has 4 heterocycles. The number of methoxy groups -OCH3 is 2. The molecule has 0 aromatic carbocycles. The van der Waals surface area contributed by atoms with Gasteiger partial charge in [-0.1, -0.05) is 17.7 Å². The van der Waals surface area contributed by atoms with Gasteiger partial charge in [-0.2, -0.15) is 0 Å². The van der Waals surface area contributed by atoms with Crippen LogP contribution in [0.1, 0.15) is 31.8 Å². The van der Waals surface area contributed by atoms with Gasteiger partial charge in [0.25, 0.3) is 0 Å². The summed E-state index contributed by atoms with van der Waals surface area (Å²) >= 11 is 5.87. The molecule has 1 saturated heterocycles. The zero-order valence-corrected chi connectivity index (χ0v) is 22.3. The Kier molecular flexibility index (Phi) is 8.54. The summed E-state index contributed by atoms with van der Waals surface area (Å²) in [6.45, 7) is 4.58. The van der Waals surface area contributed by atoms with E-state index < -0.39 is 27.4 Å². The number of rotatable bonds is 10. The van der Waals surface area contributed by atoms with Gasteiger partial charge in [0.2, 0.25) is 21.9 Å². The first-order chi connectivity index (χ1) is 17.7. The smallest absolute Gasteiger partial charge is 0.240 e. The third-order valence-corrected chi connectivity index (χ3v) is 7.83. The van der Waals surface area contributed by atoms with Crippen LogP contribution in [-0.4, -0.2) is 83.5 Å². The molecular weight excluding hydrogens is 526 g/mol. The predicted octanol–water partition coefficient (Wildman–Crippen LogP) is 2.29. The second-order valence-electron chi connectivity index (χ2n) is 8.28. The maximum Gasteiger partial charge on any atom is 0.240 e. The highest BCUT2D eigenvalue weighted by atomic mass is 35.5. The highest BCUT2D eigenvalue weighted by Gasteiger charge is 2.36. The van der Waals surface area contributed by atoms with Crippen LogP contribution in [0, 0.1) is 0 Å². The van der Waals surface area contributed by atoms with Gasteiger partial charge in [-0.3, -0.25) is 9.29 Å². The first-order valence-corrected chi connectivity index (χ1v) is 13.3. The van der Waals surface area contributed by atoms with E-state index in [0.29, 0.717) is 42.2 Å². The molecule has 15 heteroatoms. The first-order valence-electron chi connectivity index (χ1n) is 11.4. The number of sulfonamides is 1. The van der Waals surface area contributed by atoms with Crippen molar-refractivity contribution < 1.29 is 27.4 Å². The van der Waals surface area contributed by atoms with Crippen LogP contribution >= 0.6 is 11.6 Å². The molecule has 13 nitrogen and oxygen atoms in total. The minimum absolute atomic E-state index is 0.0139. The lowest BCUT2D eigenvalue weighted by Gasteiger charge is -2.30. The minimum Gasteiger partial charge on any atom is -0.481 e. The van der Waals surface area contributed by atoms with E-state index >= 15 is 0 Å². The maximum absolute atomic E-state index is 13.5. The number of pyridine rings is 1. The fourth-order valence-electron chi connectivity index (χ4n) is 3.88. The Hall–Kier alpha value is -2.91. The van der Waals surface area contributed by atoms with Crippen LogP contribution in [0.2, 0.25) is 5.02 Å². The van der Waals surface area contributed by atoms with Crippen LogP contribution in [0.25, 0.3) is 11.5 Å². The molecule has 1 aliphatic rings. The molecule has 1 fully saturated rings. The molecule has 37 heavy (non-hydrogen) atoms. The van der Waals surface area contributed by atoms with Gasteiger partial charge in [0, 0.05) is 25.6 Å². The van der Waals surface area contributed by atoms with Crippen LogP contribution in [0.15, 0.2) is 30.6 Å². The quantitative estimate of drug-likeness (QED) is 0.393. The highest BCUT2D eigenvalue weighted by Crippen LogP contribution is 2.31. The molecule has 0 bridgehead atoms. The standard InChI is InChI=1S/C22H28ClN7O6S/c1-13(17-12-35-8-9-36-17)30-21(16-6-5-7-18(26-16)33-3)27-28-22(30)29-37(31,32)14(2)19(34-4)20-24-10-15(23)11-25-20/h5-7,10-11,13-14,17,19H,8-9,12H2,1-4H3,(H,28,29)/t13-,14?,17-,19?/m0/s1. The average molecular weight is 554 g/mol. The average Bonchev–Trinajstić information content (AvgIpc) is 3.32. The molecule has 3 aromatic rings. The molecule has 4 rings (SSSR count). The Morgan fingerprint density at radius 3 is 2.57 bits per heavy atom. The van der Waals surface area contributed by atoms with Crippen molar-refractivity contribution >= 4 is 27.6 Å². The van der Waals surface area contributed by atoms with Gasteiger partial charge in [-0.05, 0) is 19.9 Å². The van der Waals surface area contributed by atoms with Crippen LogP contribution in [0.4, 0.5) is 5.95 Å². The number of aromatic nitrogens is 6. The van der Waals surface area contributed by atoms with E-state index in [9.17, 15) is 8.42 Å². The van der Waals surface area contributed by atoms with Gasteiger partial charge in [0.05, 0.1) is 38.0 Å². The molecular formula is C22H28ClN7O6S. The Balaban J connectivity index is 1.70. The second-order valence-corrected chi connectivity index (χ2v) is 10.7. The SMILES string of the molecule is COc1cccc(-c2nnc(NS(=O)(=O)C(C)C(OC)c3ncc(Cl)cn3)n2[C@@H](C)[C@@H]2COCCO2)n1. The van der Waals surface area contributed by atoms with Crippen molar-refractivity contribution in [2.24, 2.45) is 0 Å². The van der Waals surface area contributed by atoms with E-state index in [1.807, 2.05) is 6.92 Å². The lowest BCUT2D eigenvalue weighted by Crippen LogP contribution is -2.37. The topological polar surface area (TPSA) is 152 Å². The number of hydrogen-bond donors (Lipinski definition) is 1. The fraction of sp³-hybridized carbons (Fsp3) is 0.500. The summed E-state index contributed by atoms with van der Waals surface area (Å²) in [5.74, 6) is 0.863. The van der Waals surface area contributed by atoms with E-state index in [-0.39, 0.29) is 17.9 Å². The molecule has 0 spiro atoms. The predicted molar refractivity (Wildman–Crippen MR) is 134 cm³/mol. The molecule has 200 valence electrons. The first kappa shape index (κ1) is 27.1. The molecule has 0 amide bonds. The largest absolute Gasteiger partial charge is 0.481 e. The summed E-state index contributed by atoms with van der Waals surface area (Å²) in [7, 11) is -1.19. The summed E-state index contributed by atoms with van der Waals surface area (Å²) in [4.78, 5) is 12.7. The number of halogens is 1. The van der Waals surface area contributed by atoms with Gasteiger partial charge < -0.3 is 18.9 Å². The molecule has 3 aromatic heterocycles. The van der Waals surface area contributed by atoms with E-state index in [4.69, 9.17) is 30.5 Å². The lowest BCUT2D eigenvalue weighted by molar-refractivity contribution is -0.104. The Bertz CT molecular complexity index is 1300. The van der Waals surface area contributed by atoms with Crippen molar-refractivity contribution in [1.29, 1.82) is 0 Å². The Morgan fingerprint density at radius 1 is 1.16 bits per heavy atom. The fourth-order valence-corrected chi connectivity index (χ4v) is 5.12. The molecule has 0 saturated carbocycles. The van der Waals surface area contributed by atoms with Crippen LogP contribution < -0.4 is 9.46 Å². The summed E-state index contributed by atoms with van der Waals surface area (Å²) in [5, 5.41) is 7.63. The third-order valence-electron chi connectivity index (χ3n) is 5.94. The molecule has 1 aliphatic heterocycles. The molecule has 0 aliphatic carbocycles. The Morgan fingerprint density at radius 2 is 1.92 bits per heavy atom. The number of hydrogen-bond acceptors (Lipinski definition) is 11. The van der Waals surface area contributed by atoms with Gasteiger partial charge >= 0.3 is 0 Å². The van der Waals surface area contributed by atoms with Gasteiger partial charge in [-0.25, -0.2) is 23.4 Å². The van der Waals surface area contributed by atoms with Gasteiger partial charge in [0.1, 0.15) is 23.2 Å². The van der Waals surface area contributed by atoms with E-state index in [0.717, 1.165) is 0 Å². The summed E-state index contributed by atoms with van der Waals surface area (Å²) in [6, 6.07) is 4.77. The zero-order chi connectivity index (χ0) is 26.6. The van der Waals surface area contributed by atoms with Crippen molar-refractivity contribution in [3.8, 4) is 17.4 Å². The third kappa shape index (κ3) is 5.99. The van der Waals surface area contributed by atoms with Gasteiger partial charge in [0.15, 0.2) is 11.6 Å². The van der Waals surface area contributed by atoms with Crippen molar-refractivity contribution in [1.82, 2.24) is 29.7 Å². The molecule has 1 N–H and O–H groups in total. The van der Waals surface area contributed by atoms with Crippen molar-refractivity contribution in [3.63, 3.8) is 0 Å². The summed E-state index contributed by atoms with van der Waals surface area (Å²) < 4.78 is 53.3. The molecule has 2 unspecified atom stereocenters. The molecule has 0 radical (unpaired) electrons. The maximum atomic E-state index is 13.5. The number of ether oxygens (including phenoxy) is 4. The number of nitrogens with one attached hydrogen (secondary N) is 1. The monoisotopic (exact) mass is 553 g/mol. The molecule has 4 atom stereocenters. The minimum atomic E-state index is -4.08. The summed E-state index contributed by atoms with van der Waals surface area (Å²) in [5.41, 5.74) is 0.443. The van der Waals surface area contributed by atoms with Crippen molar-refractivity contribution in [3.05, 3.63) is 41.4 Å². The van der Waals surface area contributed by atoms with Crippen molar-refractivity contribution in [2.45, 2.75) is 37.3 Å². The normalized spacial score (nSPS) is 18.7. The van der Waals surface area contributed by atoms with E-state index in [1.165, 1.54) is 33.5 Å². The second kappa shape index (κ2) is 11.6. The Labute approximate surface area is 219 Å². The van der Waals surface area contributed by atoms with Crippen LogP contribution in [0.3, 0.4) is 0 Å². The summed E-state index contributed by atoms with van der Waals surface area (Å²) in [6.07, 6.45) is 1.41. The number of anilines is 1. The number of nitrogens with zero attached hydrogens (tertiary/aromatic N) is 6. The van der Waals surface area contributed by atoms with Crippen LogP contribution in [-0.2, 0) is 24.2 Å². The lowest BCUT2D eigenvalue weighted by atomic mass is 10.1.